The minimum atomic E-state index is 0.639. The third-order valence-electron chi connectivity index (χ3n) is 2.71. The minimum absolute atomic E-state index is 0.639. The van der Waals surface area contributed by atoms with Crippen molar-refractivity contribution in [2.45, 2.75) is 6.92 Å². The molecule has 0 saturated carbocycles. The highest BCUT2D eigenvalue weighted by Crippen LogP contribution is 2.38. The van der Waals surface area contributed by atoms with Gasteiger partial charge in [0.2, 0.25) is 0 Å². The number of nitrogens with zero attached hydrogens (tertiary/aromatic N) is 1. The van der Waals surface area contributed by atoms with Crippen LogP contribution in [0.3, 0.4) is 0 Å². The van der Waals surface area contributed by atoms with Gasteiger partial charge in [0.1, 0.15) is 11.5 Å². The van der Waals surface area contributed by atoms with E-state index >= 15 is 0 Å². The molecule has 4 nitrogen and oxygen atoms in total. The van der Waals surface area contributed by atoms with Crippen LogP contribution < -0.4 is 14.2 Å². The van der Waals surface area contributed by atoms with Crippen molar-refractivity contribution in [3.05, 3.63) is 23.1 Å². The molecule has 0 N–H and O–H groups in total. The van der Waals surface area contributed by atoms with Crippen LogP contribution in [-0.2, 0) is 0 Å². The maximum absolute atomic E-state index is 5.46. The van der Waals surface area contributed by atoms with E-state index in [1.165, 1.54) is 11.3 Å². The molecule has 0 aliphatic heterocycles. The first-order valence-corrected chi connectivity index (χ1v) is 6.30. The van der Waals surface area contributed by atoms with Gasteiger partial charge in [-0.15, -0.1) is 0 Å². The van der Waals surface area contributed by atoms with Crippen LogP contribution in [0.1, 0.15) is 5.56 Å². The summed E-state index contributed by atoms with van der Waals surface area (Å²) in [7, 11) is 4.90. The Morgan fingerprint density at radius 3 is 2.39 bits per heavy atom. The fraction of sp³-hybridized carbons (Fsp3) is 0.308. The Hall–Kier alpha value is -1.75. The molecule has 1 aromatic carbocycles. The van der Waals surface area contributed by atoms with Gasteiger partial charge in [-0.2, -0.15) is 0 Å². The number of benzene rings is 1. The molecule has 0 radical (unpaired) electrons. The maximum Gasteiger partial charge on any atom is 0.273 e. The zero-order valence-electron chi connectivity index (χ0n) is 10.8. The van der Waals surface area contributed by atoms with E-state index in [-0.39, 0.29) is 0 Å². The largest absolute Gasteiger partial charge is 0.496 e. The lowest BCUT2D eigenvalue weighted by Gasteiger charge is -2.13. The average molecular weight is 265 g/mol. The summed E-state index contributed by atoms with van der Waals surface area (Å²) in [5.74, 6) is 1.58. The molecule has 18 heavy (non-hydrogen) atoms. The van der Waals surface area contributed by atoms with Gasteiger partial charge in [-0.25, -0.2) is 4.98 Å². The summed E-state index contributed by atoms with van der Waals surface area (Å²) in [6.07, 6.45) is 0. The van der Waals surface area contributed by atoms with Crippen molar-refractivity contribution in [2.24, 2.45) is 0 Å². The zero-order valence-corrected chi connectivity index (χ0v) is 11.6. The smallest absolute Gasteiger partial charge is 0.273 e. The Balaban J connectivity index is 2.53. The van der Waals surface area contributed by atoms with Gasteiger partial charge in [-0.05, 0) is 19.1 Å². The number of hydrogen-bond acceptors (Lipinski definition) is 5. The van der Waals surface area contributed by atoms with Crippen LogP contribution in [0.25, 0.3) is 11.3 Å². The number of rotatable bonds is 4. The lowest BCUT2D eigenvalue weighted by molar-refractivity contribution is 0.389. The molecule has 2 aromatic rings. The molecule has 5 heteroatoms. The van der Waals surface area contributed by atoms with E-state index in [4.69, 9.17) is 14.2 Å². The Kier molecular flexibility index (Phi) is 3.72. The van der Waals surface area contributed by atoms with Gasteiger partial charge in [0, 0.05) is 16.5 Å². The third-order valence-corrected chi connectivity index (χ3v) is 3.51. The van der Waals surface area contributed by atoms with E-state index in [0.29, 0.717) is 5.19 Å². The minimum Gasteiger partial charge on any atom is -0.496 e. The number of methoxy groups -OCH3 is 3. The molecular formula is C13H15NO3S. The van der Waals surface area contributed by atoms with Crippen LogP contribution in [0.15, 0.2) is 17.5 Å². The number of hydrogen-bond donors (Lipinski definition) is 0. The molecular weight excluding hydrogens is 250 g/mol. The second-order valence-electron chi connectivity index (χ2n) is 3.68. The predicted octanol–water partition coefficient (Wildman–Crippen LogP) is 3.14. The molecule has 0 unspecified atom stereocenters. The topological polar surface area (TPSA) is 40.6 Å². The lowest BCUT2D eigenvalue weighted by Crippen LogP contribution is -1.95. The van der Waals surface area contributed by atoms with Gasteiger partial charge in [0.05, 0.1) is 27.0 Å². The van der Waals surface area contributed by atoms with Gasteiger partial charge < -0.3 is 14.2 Å². The normalized spacial score (nSPS) is 10.2. The first-order valence-electron chi connectivity index (χ1n) is 5.42. The second kappa shape index (κ2) is 5.27. The SMILES string of the molecule is COc1nc(-c2ccc(OC)c(C)c2OC)cs1. The van der Waals surface area contributed by atoms with E-state index in [2.05, 4.69) is 4.98 Å². The van der Waals surface area contributed by atoms with E-state index in [1.807, 2.05) is 24.4 Å². The highest BCUT2D eigenvalue weighted by atomic mass is 32.1. The molecule has 0 atom stereocenters. The Morgan fingerprint density at radius 2 is 1.83 bits per heavy atom. The molecule has 96 valence electrons. The van der Waals surface area contributed by atoms with Crippen LogP contribution in [0, 0.1) is 6.92 Å². The Labute approximate surface area is 110 Å². The van der Waals surface area contributed by atoms with Crippen molar-refractivity contribution < 1.29 is 14.2 Å². The zero-order chi connectivity index (χ0) is 13.1. The summed E-state index contributed by atoms with van der Waals surface area (Å²) in [5.41, 5.74) is 2.75. The van der Waals surface area contributed by atoms with E-state index in [9.17, 15) is 0 Å². The van der Waals surface area contributed by atoms with Gasteiger partial charge in [0.25, 0.3) is 5.19 Å². The molecule has 0 aliphatic rings. The summed E-state index contributed by atoms with van der Waals surface area (Å²) in [4.78, 5) is 4.38. The number of ether oxygens (including phenoxy) is 3. The van der Waals surface area contributed by atoms with Crippen LogP contribution in [0.4, 0.5) is 0 Å². The van der Waals surface area contributed by atoms with Crippen LogP contribution >= 0.6 is 11.3 Å². The third kappa shape index (κ3) is 2.13. The molecule has 0 amide bonds. The Bertz CT molecular complexity index is 551. The van der Waals surface area contributed by atoms with Crippen LogP contribution in [-0.4, -0.2) is 26.3 Å². The van der Waals surface area contributed by atoms with Crippen molar-refractivity contribution in [3.8, 4) is 28.0 Å². The molecule has 0 bridgehead atoms. The summed E-state index contributed by atoms with van der Waals surface area (Å²) >= 11 is 1.46. The fourth-order valence-corrected chi connectivity index (χ4v) is 2.47. The van der Waals surface area contributed by atoms with Crippen molar-refractivity contribution >= 4 is 11.3 Å². The van der Waals surface area contributed by atoms with Crippen molar-refractivity contribution in [3.63, 3.8) is 0 Å². The summed E-state index contributed by atoms with van der Waals surface area (Å²) in [5, 5.41) is 2.59. The molecule has 0 aliphatic carbocycles. The lowest BCUT2D eigenvalue weighted by atomic mass is 10.1. The quantitative estimate of drug-likeness (QED) is 0.851. The van der Waals surface area contributed by atoms with Gasteiger partial charge >= 0.3 is 0 Å². The molecule has 0 spiro atoms. The van der Waals surface area contributed by atoms with Crippen molar-refractivity contribution in [1.29, 1.82) is 0 Å². The summed E-state index contributed by atoms with van der Waals surface area (Å²) < 4.78 is 15.8. The highest BCUT2D eigenvalue weighted by Gasteiger charge is 2.15. The number of thiazole rings is 1. The van der Waals surface area contributed by atoms with E-state index in [1.54, 1.807) is 21.3 Å². The molecule has 1 aromatic heterocycles. The Morgan fingerprint density at radius 1 is 1.06 bits per heavy atom. The molecule has 0 fully saturated rings. The van der Waals surface area contributed by atoms with Gasteiger partial charge in [-0.1, -0.05) is 11.3 Å². The van der Waals surface area contributed by atoms with Crippen molar-refractivity contribution in [2.75, 3.05) is 21.3 Å². The van der Waals surface area contributed by atoms with Crippen molar-refractivity contribution in [1.82, 2.24) is 4.98 Å². The monoisotopic (exact) mass is 265 g/mol. The van der Waals surface area contributed by atoms with E-state index in [0.717, 1.165) is 28.3 Å². The molecule has 0 saturated heterocycles. The molecule has 1 heterocycles. The number of aromatic nitrogens is 1. The highest BCUT2D eigenvalue weighted by molar-refractivity contribution is 7.11. The maximum atomic E-state index is 5.46. The second-order valence-corrected chi connectivity index (χ2v) is 4.50. The molecule has 2 rings (SSSR count). The van der Waals surface area contributed by atoms with Crippen LogP contribution in [0.2, 0.25) is 0 Å². The van der Waals surface area contributed by atoms with Gasteiger partial charge in [-0.3, -0.25) is 0 Å². The average Bonchev–Trinajstić information content (AvgIpc) is 2.87. The van der Waals surface area contributed by atoms with Crippen LogP contribution in [0.5, 0.6) is 16.7 Å². The first kappa shape index (κ1) is 12.7. The fourth-order valence-electron chi connectivity index (χ4n) is 1.83. The van der Waals surface area contributed by atoms with Gasteiger partial charge in [0.15, 0.2) is 0 Å². The summed E-state index contributed by atoms with van der Waals surface area (Å²) in [6, 6.07) is 3.86. The standard InChI is InChI=1S/C13H15NO3S/c1-8-11(15-2)6-5-9(12(8)16-3)10-7-18-13(14-10)17-4/h5-7H,1-4H3. The van der Waals surface area contributed by atoms with E-state index < -0.39 is 0 Å². The summed E-state index contributed by atoms with van der Waals surface area (Å²) in [6.45, 7) is 1.96. The predicted molar refractivity (Wildman–Crippen MR) is 71.9 cm³/mol. The first-order chi connectivity index (χ1) is 8.71.